The Balaban J connectivity index is 1.24. The monoisotopic (exact) mass is 745 g/mol. The minimum atomic E-state index is 0.658. The van der Waals surface area contributed by atoms with Crippen LogP contribution in [0.25, 0.3) is 115 Å². The highest BCUT2D eigenvalue weighted by Crippen LogP contribution is 2.48. The van der Waals surface area contributed by atoms with Crippen LogP contribution in [0.1, 0.15) is 0 Å². The van der Waals surface area contributed by atoms with Crippen molar-refractivity contribution in [3.05, 3.63) is 188 Å². The van der Waals surface area contributed by atoms with Crippen LogP contribution in [-0.2, 0) is 0 Å². The van der Waals surface area contributed by atoms with Crippen molar-refractivity contribution in [3.8, 4) is 50.6 Å². The molecule has 0 saturated heterocycles. The molecule has 4 nitrogen and oxygen atoms in total. The van der Waals surface area contributed by atoms with Crippen molar-refractivity contribution in [2.75, 3.05) is 0 Å². The second kappa shape index (κ2) is 12.6. The summed E-state index contributed by atoms with van der Waals surface area (Å²) in [5, 5.41) is 6.07. The van der Waals surface area contributed by atoms with Crippen LogP contribution >= 0.6 is 11.3 Å². The van der Waals surface area contributed by atoms with Crippen molar-refractivity contribution in [2.45, 2.75) is 0 Å². The second-order valence-electron chi connectivity index (χ2n) is 14.5. The van der Waals surface area contributed by atoms with Gasteiger partial charge >= 0.3 is 0 Å². The highest BCUT2D eigenvalue weighted by molar-refractivity contribution is 7.26. The summed E-state index contributed by atoms with van der Waals surface area (Å²) in [4.78, 5) is 10.5. The Morgan fingerprint density at radius 3 is 1.77 bits per heavy atom. The van der Waals surface area contributed by atoms with E-state index < -0.39 is 0 Å². The number of furan rings is 1. The van der Waals surface area contributed by atoms with E-state index in [2.05, 4.69) is 156 Å². The average molecular weight is 746 g/mol. The van der Waals surface area contributed by atoms with Crippen molar-refractivity contribution in [1.82, 2.24) is 14.5 Å². The third-order valence-corrected chi connectivity index (χ3v) is 12.4. The van der Waals surface area contributed by atoms with Crippen molar-refractivity contribution in [3.63, 3.8) is 0 Å². The molecule has 0 spiro atoms. The van der Waals surface area contributed by atoms with Crippen LogP contribution in [0.4, 0.5) is 0 Å². The molecule has 4 heterocycles. The zero-order chi connectivity index (χ0) is 37.5. The van der Waals surface area contributed by atoms with Crippen LogP contribution in [0.2, 0.25) is 0 Å². The lowest BCUT2D eigenvalue weighted by Gasteiger charge is -2.21. The molecule has 0 unspecified atom stereocenters. The van der Waals surface area contributed by atoms with Gasteiger partial charge in [-0.05, 0) is 53.6 Å². The Hall–Kier alpha value is -7.34. The Morgan fingerprint density at radius 2 is 1.05 bits per heavy atom. The highest BCUT2D eigenvalue weighted by atomic mass is 32.1. The smallest absolute Gasteiger partial charge is 0.180 e. The van der Waals surface area contributed by atoms with Gasteiger partial charge in [0.1, 0.15) is 16.8 Å². The normalized spacial score (nSPS) is 11.9. The topological polar surface area (TPSA) is 43.9 Å². The van der Waals surface area contributed by atoms with Gasteiger partial charge in [-0.3, -0.25) is 0 Å². The van der Waals surface area contributed by atoms with Crippen LogP contribution < -0.4 is 0 Å². The van der Waals surface area contributed by atoms with E-state index in [9.17, 15) is 0 Å². The highest BCUT2D eigenvalue weighted by Gasteiger charge is 2.25. The quantitative estimate of drug-likeness (QED) is 0.176. The summed E-state index contributed by atoms with van der Waals surface area (Å²) < 4.78 is 11.8. The van der Waals surface area contributed by atoms with Crippen LogP contribution in [-0.4, -0.2) is 14.5 Å². The molecule has 57 heavy (non-hydrogen) atoms. The summed E-state index contributed by atoms with van der Waals surface area (Å²) >= 11 is 1.88. The van der Waals surface area contributed by atoms with Gasteiger partial charge in [-0.2, -0.15) is 0 Å². The summed E-state index contributed by atoms with van der Waals surface area (Å²) in [6.45, 7) is 0. The molecule has 4 aromatic heterocycles. The van der Waals surface area contributed by atoms with Crippen molar-refractivity contribution >= 4 is 75.4 Å². The van der Waals surface area contributed by atoms with E-state index in [0.29, 0.717) is 11.4 Å². The third kappa shape index (κ3) is 4.93. The van der Waals surface area contributed by atoms with E-state index in [4.69, 9.17) is 14.4 Å². The van der Waals surface area contributed by atoms with Crippen molar-refractivity contribution in [2.24, 2.45) is 0 Å². The van der Waals surface area contributed by atoms with E-state index in [1.165, 1.54) is 36.5 Å². The molecule has 0 saturated carbocycles. The van der Waals surface area contributed by atoms with Gasteiger partial charge in [0.05, 0.1) is 16.7 Å². The zero-order valence-electron chi connectivity index (χ0n) is 30.6. The minimum absolute atomic E-state index is 0.658. The van der Waals surface area contributed by atoms with E-state index >= 15 is 0 Å². The number of aromatic nitrogens is 3. The van der Waals surface area contributed by atoms with Crippen LogP contribution in [0.3, 0.4) is 0 Å². The molecule has 0 aliphatic rings. The molecular weight excluding hydrogens is 715 g/mol. The minimum Gasteiger partial charge on any atom is -0.452 e. The van der Waals surface area contributed by atoms with E-state index in [1.807, 2.05) is 47.7 Å². The van der Waals surface area contributed by atoms with Crippen LogP contribution in [0.5, 0.6) is 0 Å². The number of fused-ring (bicyclic) bond motifs is 10. The standard InChI is InChI=1S/C52H31N3OS/c1-4-16-32(17-5-1)40-30-35(47-50-48(39-24-11-14-26-44(39)56-50)54-52(53-47)34-20-8-3-9-21-34)31-41(33-18-6-2-7-19-33)49(40)55-42-25-13-10-23-38(42)46-43(55)29-28-37-36-22-12-15-27-45(36)57-51(37)46/h1-31H. The van der Waals surface area contributed by atoms with E-state index in [-0.39, 0.29) is 0 Å². The Bertz CT molecular complexity index is 3450. The van der Waals surface area contributed by atoms with Crippen molar-refractivity contribution in [1.29, 1.82) is 0 Å². The van der Waals surface area contributed by atoms with Gasteiger partial charge < -0.3 is 8.98 Å². The molecule has 5 heteroatoms. The SMILES string of the molecule is c1ccc(-c2nc(-c3cc(-c4ccccc4)c(-n4c5ccccc5c5c6sc7ccccc7c6ccc54)c(-c4ccccc4)c3)c3oc4ccccc4c3n2)cc1. The molecule has 266 valence electrons. The number of hydrogen-bond acceptors (Lipinski definition) is 4. The van der Waals surface area contributed by atoms with Gasteiger partial charge in [0, 0.05) is 58.6 Å². The van der Waals surface area contributed by atoms with E-state index in [0.717, 1.165) is 66.8 Å². The maximum Gasteiger partial charge on any atom is 0.180 e. The first kappa shape index (κ1) is 32.0. The summed E-state index contributed by atoms with van der Waals surface area (Å²) in [6.07, 6.45) is 0. The van der Waals surface area contributed by atoms with Gasteiger partial charge in [0.2, 0.25) is 0 Å². The van der Waals surface area contributed by atoms with Gasteiger partial charge in [0.25, 0.3) is 0 Å². The molecule has 12 rings (SSSR count). The molecule has 0 atom stereocenters. The molecule has 12 aromatic rings. The summed E-state index contributed by atoms with van der Waals surface area (Å²) in [7, 11) is 0. The fraction of sp³-hybridized carbons (Fsp3) is 0. The largest absolute Gasteiger partial charge is 0.452 e. The second-order valence-corrected chi connectivity index (χ2v) is 15.5. The molecule has 0 N–H and O–H groups in total. The fourth-order valence-corrected chi connectivity index (χ4v) is 9.93. The number of rotatable bonds is 5. The number of hydrogen-bond donors (Lipinski definition) is 0. The molecule has 0 fully saturated rings. The van der Waals surface area contributed by atoms with Gasteiger partial charge in [-0.25, -0.2) is 9.97 Å². The number of benzene rings is 8. The van der Waals surface area contributed by atoms with Crippen LogP contribution in [0, 0.1) is 0 Å². The molecule has 0 radical (unpaired) electrons. The predicted molar refractivity (Wildman–Crippen MR) is 238 cm³/mol. The first-order chi connectivity index (χ1) is 28.3. The molecule has 0 bridgehead atoms. The third-order valence-electron chi connectivity index (χ3n) is 11.2. The molecule has 0 aliphatic carbocycles. The first-order valence-corrected chi connectivity index (χ1v) is 20.0. The lowest BCUT2D eigenvalue weighted by atomic mass is 9.91. The Morgan fingerprint density at radius 1 is 0.456 bits per heavy atom. The fourth-order valence-electron chi connectivity index (χ4n) is 8.67. The predicted octanol–water partition coefficient (Wildman–Crippen LogP) is 14.5. The average Bonchev–Trinajstić information content (AvgIpc) is 3.96. The maximum absolute atomic E-state index is 6.67. The molecule has 8 aromatic carbocycles. The Kier molecular flexibility index (Phi) is 7.06. The molecular formula is C52H31N3OS. The molecule has 0 aliphatic heterocycles. The van der Waals surface area contributed by atoms with Crippen molar-refractivity contribution < 1.29 is 4.42 Å². The molecule has 0 amide bonds. The maximum atomic E-state index is 6.67. The summed E-state index contributed by atoms with van der Waals surface area (Å²) in [5.74, 6) is 0.658. The summed E-state index contributed by atoms with van der Waals surface area (Å²) in [6, 6.07) is 66.7. The number of para-hydroxylation sites is 2. The number of thiophene rings is 1. The lowest BCUT2D eigenvalue weighted by Crippen LogP contribution is -2.02. The Labute approximate surface area is 331 Å². The van der Waals surface area contributed by atoms with Gasteiger partial charge in [0.15, 0.2) is 11.4 Å². The van der Waals surface area contributed by atoms with Gasteiger partial charge in [-0.15, -0.1) is 11.3 Å². The van der Waals surface area contributed by atoms with Gasteiger partial charge in [-0.1, -0.05) is 146 Å². The zero-order valence-corrected chi connectivity index (χ0v) is 31.4. The van der Waals surface area contributed by atoms with Crippen LogP contribution in [0.15, 0.2) is 192 Å². The summed E-state index contributed by atoms with van der Waals surface area (Å²) in [5.41, 5.74) is 12.8. The van der Waals surface area contributed by atoms with E-state index in [1.54, 1.807) is 0 Å². The first-order valence-electron chi connectivity index (χ1n) is 19.2. The lowest BCUT2D eigenvalue weighted by molar-refractivity contribution is 0.667. The number of nitrogens with zero attached hydrogens (tertiary/aromatic N) is 3.